The SMILES string of the molecule is CC1(Oc2cccc(CN3CCC4(CC3)C(NC3CCCCC3)=NC(=O)N4c3cccc(F)c3)c2)C=CC(C(C)(C)C)=CC1. The van der Waals surface area contributed by atoms with Gasteiger partial charge in [-0.1, -0.05) is 70.4 Å². The Hall–Kier alpha value is -3.45. The molecule has 44 heavy (non-hydrogen) atoms. The van der Waals surface area contributed by atoms with Gasteiger partial charge >= 0.3 is 6.03 Å². The van der Waals surface area contributed by atoms with E-state index in [-0.39, 0.29) is 22.9 Å². The number of likely N-dealkylation sites (tertiary alicyclic amines) is 1. The molecule has 0 aromatic heterocycles. The second-order valence-corrected chi connectivity index (χ2v) is 14.4. The van der Waals surface area contributed by atoms with Crippen molar-refractivity contribution in [2.45, 2.75) is 103 Å². The van der Waals surface area contributed by atoms with E-state index < -0.39 is 5.54 Å². The normalized spacial score (nSPS) is 24.4. The van der Waals surface area contributed by atoms with Gasteiger partial charge in [0.05, 0.1) is 0 Å². The zero-order valence-electron chi connectivity index (χ0n) is 26.7. The molecule has 7 heteroatoms. The monoisotopic (exact) mass is 598 g/mol. The van der Waals surface area contributed by atoms with Crippen LogP contribution < -0.4 is 15.0 Å². The van der Waals surface area contributed by atoms with E-state index in [9.17, 15) is 9.18 Å². The predicted molar refractivity (Wildman–Crippen MR) is 176 cm³/mol. The van der Waals surface area contributed by atoms with Gasteiger partial charge in [0.2, 0.25) is 0 Å². The number of aliphatic imine (C=N–C) groups is 1. The van der Waals surface area contributed by atoms with Crippen LogP contribution in [0.3, 0.4) is 0 Å². The fourth-order valence-electron chi connectivity index (χ4n) is 7.24. The number of anilines is 1. The largest absolute Gasteiger partial charge is 0.483 e. The fraction of sp³-hybridized carbons (Fsp3) is 0.514. The minimum absolute atomic E-state index is 0.128. The standard InChI is InChI=1S/C37H47FN4O2/c1-35(2,3)28-16-18-36(4,19-17-28)44-32-15-8-10-27(24-32)26-41-22-20-37(21-23-41)33(39-30-12-6-5-7-13-30)40-34(43)42(37)31-14-9-11-29(38)25-31/h8-11,14-18,24-25,30H,5-7,12-13,19-23,26H2,1-4H3,(H,39,40,43). The van der Waals surface area contributed by atoms with E-state index >= 15 is 0 Å². The van der Waals surface area contributed by atoms with Crippen LogP contribution in [0.4, 0.5) is 14.9 Å². The minimum atomic E-state index is -0.592. The molecule has 2 aromatic rings. The third-order valence-corrected chi connectivity index (χ3v) is 9.83. The Morgan fingerprint density at radius 2 is 1.80 bits per heavy atom. The lowest BCUT2D eigenvalue weighted by molar-refractivity contribution is 0.141. The highest BCUT2D eigenvalue weighted by molar-refractivity contribution is 6.16. The number of rotatable bonds is 6. The van der Waals surface area contributed by atoms with Gasteiger partial charge < -0.3 is 10.1 Å². The smallest absolute Gasteiger partial charge is 0.350 e. The first-order chi connectivity index (χ1) is 21.0. The summed E-state index contributed by atoms with van der Waals surface area (Å²) in [6.07, 6.45) is 14.8. The Kier molecular flexibility index (Phi) is 8.44. The first kappa shape index (κ1) is 30.6. The number of amides is 2. The average Bonchev–Trinajstić information content (AvgIpc) is 3.24. The topological polar surface area (TPSA) is 57.2 Å². The molecule has 2 amide bonds. The third kappa shape index (κ3) is 6.49. The molecule has 4 aliphatic rings. The predicted octanol–water partition coefficient (Wildman–Crippen LogP) is 8.19. The molecule has 1 spiro atoms. The van der Waals surface area contributed by atoms with Crippen LogP contribution in [0.1, 0.15) is 84.6 Å². The molecule has 2 aliphatic carbocycles. The summed E-state index contributed by atoms with van der Waals surface area (Å²) in [6.45, 7) is 11.3. The van der Waals surface area contributed by atoms with Crippen LogP contribution in [0.5, 0.6) is 5.75 Å². The first-order valence-electron chi connectivity index (χ1n) is 16.4. The average molecular weight is 599 g/mol. The summed E-state index contributed by atoms with van der Waals surface area (Å²) < 4.78 is 20.9. The maximum absolute atomic E-state index is 14.3. The Balaban J connectivity index is 1.15. The number of amidine groups is 1. The number of hydrogen-bond donors (Lipinski definition) is 1. The van der Waals surface area contributed by atoms with Gasteiger partial charge in [0.25, 0.3) is 0 Å². The summed E-state index contributed by atoms with van der Waals surface area (Å²) in [6, 6.07) is 14.8. The van der Waals surface area contributed by atoms with Crippen molar-refractivity contribution in [3.8, 4) is 5.75 Å². The van der Waals surface area contributed by atoms with Crippen LogP contribution in [0.2, 0.25) is 0 Å². The number of ether oxygens (including phenoxy) is 1. The van der Waals surface area contributed by atoms with E-state index in [0.29, 0.717) is 11.7 Å². The minimum Gasteiger partial charge on any atom is -0.483 e. The molecule has 6 rings (SSSR count). The number of nitrogens with zero attached hydrogens (tertiary/aromatic N) is 3. The lowest BCUT2D eigenvalue weighted by Gasteiger charge is -2.45. The Labute approximate surface area is 262 Å². The van der Waals surface area contributed by atoms with Crippen molar-refractivity contribution < 1.29 is 13.9 Å². The summed E-state index contributed by atoms with van der Waals surface area (Å²) in [5.41, 5.74) is 2.28. The van der Waals surface area contributed by atoms with Crippen molar-refractivity contribution in [1.82, 2.24) is 10.2 Å². The molecule has 1 atom stereocenters. The van der Waals surface area contributed by atoms with Crippen LogP contribution >= 0.6 is 0 Å². The van der Waals surface area contributed by atoms with Gasteiger partial charge in [-0.2, -0.15) is 4.99 Å². The zero-order valence-corrected chi connectivity index (χ0v) is 26.7. The second-order valence-electron chi connectivity index (χ2n) is 14.4. The maximum atomic E-state index is 14.3. The lowest BCUT2D eigenvalue weighted by Crippen LogP contribution is -2.62. The van der Waals surface area contributed by atoms with E-state index in [4.69, 9.17) is 4.74 Å². The fourth-order valence-corrected chi connectivity index (χ4v) is 7.24. The summed E-state index contributed by atoms with van der Waals surface area (Å²) in [7, 11) is 0. The third-order valence-electron chi connectivity index (χ3n) is 9.83. The Bertz CT molecular complexity index is 1460. The number of piperidine rings is 1. The summed E-state index contributed by atoms with van der Waals surface area (Å²) >= 11 is 0. The molecule has 0 radical (unpaired) electrons. The number of halogens is 1. The number of nitrogens with one attached hydrogen (secondary N) is 1. The molecule has 1 N–H and O–H groups in total. The number of carbonyl (C=O) groups excluding carboxylic acids is 1. The number of allylic oxidation sites excluding steroid dienone is 2. The molecule has 2 heterocycles. The van der Waals surface area contributed by atoms with Gasteiger partial charge in [-0.15, -0.1) is 0 Å². The molecule has 2 aliphatic heterocycles. The van der Waals surface area contributed by atoms with E-state index in [0.717, 1.165) is 63.3 Å². The van der Waals surface area contributed by atoms with Crippen molar-refractivity contribution in [3.05, 3.63) is 83.7 Å². The van der Waals surface area contributed by atoms with Crippen LogP contribution in [-0.2, 0) is 6.54 Å². The highest BCUT2D eigenvalue weighted by Crippen LogP contribution is 2.40. The maximum Gasteiger partial charge on any atom is 0.350 e. The molecule has 1 saturated heterocycles. The molecule has 1 unspecified atom stereocenters. The van der Waals surface area contributed by atoms with Crippen LogP contribution in [0, 0.1) is 11.2 Å². The van der Waals surface area contributed by atoms with E-state index in [1.807, 2.05) is 12.1 Å². The van der Waals surface area contributed by atoms with Crippen LogP contribution in [0.15, 0.2) is 77.3 Å². The van der Waals surface area contributed by atoms with Gasteiger partial charge in [-0.05, 0) is 85.6 Å². The molecular formula is C37H47FN4O2. The molecule has 234 valence electrons. The molecule has 1 saturated carbocycles. The van der Waals surface area contributed by atoms with Crippen LogP contribution in [0.25, 0.3) is 0 Å². The first-order valence-corrected chi connectivity index (χ1v) is 16.4. The molecule has 2 fully saturated rings. The summed E-state index contributed by atoms with van der Waals surface area (Å²) in [5, 5.41) is 3.70. The van der Waals surface area contributed by atoms with E-state index in [1.54, 1.807) is 11.0 Å². The van der Waals surface area contributed by atoms with Crippen molar-refractivity contribution >= 4 is 17.6 Å². The second kappa shape index (κ2) is 12.2. The Morgan fingerprint density at radius 3 is 2.48 bits per heavy atom. The molecule has 0 bridgehead atoms. The quantitative estimate of drug-likeness (QED) is 0.364. The van der Waals surface area contributed by atoms with Gasteiger partial charge in [0.1, 0.15) is 28.5 Å². The van der Waals surface area contributed by atoms with Crippen molar-refractivity contribution in [3.63, 3.8) is 0 Å². The molecular weight excluding hydrogens is 551 g/mol. The van der Waals surface area contributed by atoms with Crippen molar-refractivity contribution in [2.75, 3.05) is 18.0 Å². The van der Waals surface area contributed by atoms with Crippen molar-refractivity contribution in [2.24, 2.45) is 10.4 Å². The van der Waals surface area contributed by atoms with E-state index in [2.05, 4.69) is 79.3 Å². The summed E-state index contributed by atoms with van der Waals surface area (Å²) in [4.78, 5) is 22.2. The lowest BCUT2D eigenvalue weighted by atomic mass is 9.81. The van der Waals surface area contributed by atoms with E-state index in [1.165, 1.54) is 42.5 Å². The molecule has 2 aromatic carbocycles. The summed E-state index contributed by atoms with van der Waals surface area (Å²) in [5.74, 6) is 1.30. The zero-order chi connectivity index (χ0) is 31.0. The highest BCUT2D eigenvalue weighted by atomic mass is 19.1. The number of hydrogen-bond acceptors (Lipinski definition) is 4. The molecule has 6 nitrogen and oxygen atoms in total. The van der Waals surface area contributed by atoms with Gasteiger partial charge in [0.15, 0.2) is 0 Å². The number of urea groups is 1. The Morgan fingerprint density at radius 1 is 1.05 bits per heavy atom. The van der Waals surface area contributed by atoms with Gasteiger partial charge in [0, 0.05) is 37.8 Å². The van der Waals surface area contributed by atoms with Crippen molar-refractivity contribution in [1.29, 1.82) is 0 Å². The van der Waals surface area contributed by atoms with Gasteiger partial charge in [-0.3, -0.25) is 9.80 Å². The number of carbonyl (C=O) groups is 1. The number of benzene rings is 2. The van der Waals surface area contributed by atoms with Gasteiger partial charge in [-0.25, -0.2) is 9.18 Å². The highest BCUT2D eigenvalue weighted by Gasteiger charge is 2.52. The van der Waals surface area contributed by atoms with Crippen LogP contribution in [-0.4, -0.2) is 47.0 Å².